The van der Waals surface area contributed by atoms with Crippen molar-refractivity contribution in [2.24, 2.45) is 0 Å². The molecule has 0 bridgehead atoms. The minimum Gasteiger partial charge on any atom is -0.322 e. The molecule has 1 aromatic heterocycles. The highest BCUT2D eigenvalue weighted by Gasteiger charge is 2.20. The van der Waals surface area contributed by atoms with Gasteiger partial charge in [0.1, 0.15) is 5.82 Å². The van der Waals surface area contributed by atoms with Gasteiger partial charge < -0.3 is 4.98 Å². The van der Waals surface area contributed by atoms with Crippen LogP contribution in [0.5, 0.6) is 0 Å². The highest BCUT2D eigenvalue weighted by Crippen LogP contribution is 2.27. The van der Waals surface area contributed by atoms with E-state index in [1.807, 2.05) is 24.3 Å². The van der Waals surface area contributed by atoms with Crippen LogP contribution >= 0.6 is 0 Å². The molecule has 0 saturated heterocycles. The molecule has 4 rings (SSSR count). The highest BCUT2D eigenvalue weighted by molar-refractivity contribution is 5.79. The normalized spacial score (nSPS) is 12.9. The van der Waals surface area contributed by atoms with Gasteiger partial charge in [-0.25, -0.2) is 4.39 Å². The molecule has 1 atom stereocenters. The first-order valence-corrected chi connectivity index (χ1v) is 12.4. The summed E-state index contributed by atoms with van der Waals surface area (Å²) in [5, 5.41) is 1.04. The Bertz CT molecular complexity index is 1350. The first-order chi connectivity index (χ1) is 16.6. The molecule has 0 amide bonds. The summed E-state index contributed by atoms with van der Waals surface area (Å²) in [7, 11) is 0. The number of halogens is 1. The van der Waals surface area contributed by atoms with Gasteiger partial charge in [0.2, 0.25) is 0 Å². The first kappa shape index (κ1) is 24.9. The molecule has 0 unspecified atom stereocenters. The van der Waals surface area contributed by atoms with Gasteiger partial charge in [-0.1, -0.05) is 70.2 Å². The summed E-state index contributed by atoms with van der Waals surface area (Å²) >= 11 is 0. The lowest BCUT2D eigenvalue weighted by Crippen LogP contribution is -2.29. The van der Waals surface area contributed by atoms with E-state index < -0.39 is 0 Å². The van der Waals surface area contributed by atoms with E-state index in [4.69, 9.17) is 0 Å². The molecule has 0 saturated carbocycles. The lowest BCUT2D eigenvalue weighted by Gasteiger charge is -2.30. The molecular formula is C31H35FN2O. The maximum atomic E-state index is 13.6. The second kappa shape index (κ2) is 10.2. The van der Waals surface area contributed by atoms with Crippen LogP contribution in [0.15, 0.2) is 77.6 Å². The van der Waals surface area contributed by atoms with Crippen LogP contribution in [0.1, 0.15) is 68.5 Å². The van der Waals surface area contributed by atoms with E-state index in [1.54, 1.807) is 0 Å². The number of H-pyrrole nitrogens is 1. The third-order valence-electron chi connectivity index (χ3n) is 6.87. The molecule has 0 fully saturated rings. The summed E-state index contributed by atoms with van der Waals surface area (Å²) in [6, 6.07) is 23.6. The quantitative estimate of drug-likeness (QED) is 0.308. The summed E-state index contributed by atoms with van der Waals surface area (Å²) in [5.41, 5.74) is 6.33. The molecule has 1 N–H and O–H groups in total. The van der Waals surface area contributed by atoms with E-state index in [2.05, 4.69) is 80.9 Å². The molecule has 4 heteroatoms. The minimum absolute atomic E-state index is 0.00466. The molecular weight excluding hydrogens is 435 g/mol. The van der Waals surface area contributed by atoms with E-state index in [-0.39, 0.29) is 22.8 Å². The third kappa shape index (κ3) is 5.88. The van der Waals surface area contributed by atoms with Crippen LogP contribution in [0.3, 0.4) is 0 Å². The van der Waals surface area contributed by atoms with Gasteiger partial charge in [-0.15, -0.1) is 0 Å². The van der Waals surface area contributed by atoms with E-state index in [0.29, 0.717) is 13.1 Å². The van der Waals surface area contributed by atoms with Gasteiger partial charge in [-0.05, 0) is 76.7 Å². The Hall–Kier alpha value is -3.24. The molecule has 3 nitrogen and oxygen atoms in total. The van der Waals surface area contributed by atoms with Crippen molar-refractivity contribution in [3.05, 3.63) is 117 Å². The zero-order chi connectivity index (χ0) is 25.2. The lowest BCUT2D eigenvalue weighted by molar-refractivity contribution is 0.191. The molecule has 3 aromatic carbocycles. The number of pyridine rings is 1. The van der Waals surface area contributed by atoms with Crippen LogP contribution in [-0.2, 0) is 24.9 Å². The Kier molecular flexibility index (Phi) is 7.23. The summed E-state index contributed by atoms with van der Waals surface area (Å²) in [6.45, 7) is 12.0. The number of aromatic nitrogens is 1. The van der Waals surface area contributed by atoms with Crippen LogP contribution in [0.2, 0.25) is 0 Å². The third-order valence-corrected chi connectivity index (χ3v) is 6.87. The number of hydrogen-bond acceptors (Lipinski definition) is 2. The van der Waals surface area contributed by atoms with Crippen LogP contribution < -0.4 is 5.56 Å². The predicted octanol–water partition coefficient (Wildman–Crippen LogP) is 7.29. The summed E-state index contributed by atoms with van der Waals surface area (Å²) in [6.07, 6.45) is 0.947. The maximum Gasteiger partial charge on any atom is 0.252 e. The van der Waals surface area contributed by atoms with Crippen molar-refractivity contribution >= 4 is 10.9 Å². The highest BCUT2D eigenvalue weighted by atomic mass is 19.1. The second-order valence-electron chi connectivity index (χ2n) is 10.5. The average molecular weight is 471 g/mol. The van der Waals surface area contributed by atoms with Gasteiger partial charge in [0.25, 0.3) is 5.56 Å². The summed E-state index contributed by atoms with van der Waals surface area (Å²) in [5.74, 6) is -0.247. The van der Waals surface area contributed by atoms with E-state index in [0.717, 1.165) is 28.5 Å². The molecule has 1 heterocycles. The van der Waals surface area contributed by atoms with Gasteiger partial charge in [-0.2, -0.15) is 0 Å². The molecule has 0 aliphatic carbocycles. The molecule has 4 aromatic rings. The largest absolute Gasteiger partial charge is 0.322 e. The summed E-state index contributed by atoms with van der Waals surface area (Å²) < 4.78 is 13.6. The smallest absolute Gasteiger partial charge is 0.252 e. The standard InChI is InChI=1S/C31H35FN2O/c1-6-22-9-16-29-25(17-22)18-26(30(35)33-29)20-34(21(2)24-10-14-28(32)15-11-24)19-23-7-12-27(13-8-23)31(3,4)5/h7-18,21H,6,19-20H2,1-5H3,(H,33,35)/t21-/m0/s1. The van der Waals surface area contributed by atoms with Crippen molar-refractivity contribution in [3.63, 3.8) is 0 Å². The van der Waals surface area contributed by atoms with Gasteiger partial charge >= 0.3 is 0 Å². The van der Waals surface area contributed by atoms with E-state index in [1.165, 1.54) is 28.8 Å². The van der Waals surface area contributed by atoms with Gasteiger partial charge in [-0.3, -0.25) is 9.69 Å². The van der Waals surface area contributed by atoms with Crippen molar-refractivity contribution in [1.29, 1.82) is 0 Å². The number of rotatable bonds is 7. The Labute approximate surface area is 207 Å². The van der Waals surface area contributed by atoms with E-state index in [9.17, 15) is 9.18 Å². The Balaban J connectivity index is 1.69. The molecule has 182 valence electrons. The van der Waals surface area contributed by atoms with Crippen LogP contribution in [-0.4, -0.2) is 9.88 Å². The number of hydrogen-bond donors (Lipinski definition) is 1. The monoisotopic (exact) mass is 470 g/mol. The Morgan fingerprint density at radius 3 is 2.17 bits per heavy atom. The fraction of sp³-hybridized carbons (Fsp3) is 0.323. The van der Waals surface area contributed by atoms with Crippen LogP contribution in [0, 0.1) is 5.82 Å². The second-order valence-corrected chi connectivity index (χ2v) is 10.5. The topological polar surface area (TPSA) is 36.1 Å². The number of nitrogens with zero attached hydrogens (tertiary/aromatic N) is 1. The SMILES string of the molecule is CCc1ccc2[nH]c(=O)c(CN(Cc3ccc(C(C)(C)C)cc3)[C@@H](C)c3ccc(F)cc3)cc2c1. The minimum atomic E-state index is -0.247. The predicted molar refractivity (Wildman–Crippen MR) is 143 cm³/mol. The maximum absolute atomic E-state index is 13.6. The number of aromatic amines is 1. The number of aryl methyl sites for hydroxylation is 1. The molecule has 35 heavy (non-hydrogen) atoms. The zero-order valence-electron chi connectivity index (χ0n) is 21.4. The fourth-order valence-corrected chi connectivity index (χ4v) is 4.48. The number of benzene rings is 3. The Morgan fingerprint density at radius 2 is 1.54 bits per heavy atom. The van der Waals surface area contributed by atoms with Crippen molar-refractivity contribution in [2.75, 3.05) is 0 Å². The van der Waals surface area contributed by atoms with Gasteiger partial charge in [0.05, 0.1) is 0 Å². The number of nitrogens with one attached hydrogen (secondary N) is 1. The van der Waals surface area contributed by atoms with Crippen LogP contribution in [0.25, 0.3) is 10.9 Å². The fourth-order valence-electron chi connectivity index (χ4n) is 4.48. The Morgan fingerprint density at radius 1 is 0.886 bits per heavy atom. The van der Waals surface area contributed by atoms with Crippen LogP contribution in [0.4, 0.5) is 4.39 Å². The molecule has 0 aliphatic rings. The first-order valence-electron chi connectivity index (χ1n) is 12.4. The average Bonchev–Trinajstić information content (AvgIpc) is 2.83. The molecule has 0 radical (unpaired) electrons. The van der Waals surface area contributed by atoms with Gasteiger partial charge in [0, 0.05) is 30.2 Å². The lowest BCUT2D eigenvalue weighted by atomic mass is 9.86. The van der Waals surface area contributed by atoms with Gasteiger partial charge in [0.15, 0.2) is 0 Å². The van der Waals surface area contributed by atoms with E-state index >= 15 is 0 Å². The summed E-state index contributed by atoms with van der Waals surface area (Å²) in [4.78, 5) is 18.3. The molecule has 0 aliphatic heterocycles. The molecule has 0 spiro atoms. The zero-order valence-corrected chi connectivity index (χ0v) is 21.4. The van der Waals surface area contributed by atoms with Crippen molar-refractivity contribution in [1.82, 2.24) is 9.88 Å². The van der Waals surface area contributed by atoms with Crippen molar-refractivity contribution in [2.45, 2.75) is 65.6 Å². The van der Waals surface area contributed by atoms with Crippen molar-refractivity contribution in [3.8, 4) is 0 Å². The number of fused-ring (bicyclic) bond motifs is 1. The van der Waals surface area contributed by atoms with Crippen molar-refractivity contribution < 1.29 is 4.39 Å².